The molecule has 1 heterocycles. The molecule has 0 bridgehead atoms. The zero-order chi connectivity index (χ0) is 28.1. The number of fused-ring (bicyclic) bond motifs is 1. The van der Waals surface area contributed by atoms with Gasteiger partial charge in [-0.3, -0.25) is 4.79 Å². The van der Waals surface area contributed by atoms with Crippen molar-refractivity contribution in [3.63, 3.8) is 0 Å². The number of esters is 1. The van der Waals surface area contributed by atoms with Crippen LogP contribution >= 0.6 is 15.9 Å². The smallest absolute Gasteiger partial charge is 0.343 e. The molecular weight excluding hydrogens is 572 g/mol. The van der Waals surface area contributed by atoms with Crippen LogP contribution < -0.4 is 14.9 Å². The second-order valence-corrected chi connectivity index (χ2v) is 9.50. The number of methoxy groups -OCH3 is 1. The maximum Gasteiger partial charge on any atom is 0.343 e. The van der Waals surface area contributed by atoms with Gasteiger partial charge in [0.25, 0.3) is 5.91 Å². The second-order valence-electron chi connectivity index (χ2n) is 8.58. The van der Waals surface area contributed by atoms with E-state index in [0.717, 1.165) is 15.4 Å². The summed E-state index contributed by atoms with van der Waals surface area (Å²) in [6.45, 7) is 0. The van der Waals surface area contributed by atoms with Gasteiger partial charge < -0.3 is 14.5 Å². The zero-order valence-corrected chi connectivity index (χ0v) is 22.7. The predicted octanol–water partition coefficient (Wildman–Crippen LogP) is 6.46. The lowest BCUT2D eigenvalue weighted by Gasteiger charge is -2.09. The third-order valence-electron chi connectivity index (χ3n) is 6.09. The topological polar surface area (TPSA) is 117 Å². The van der Waals surface area contributed by atoms with E-state index in [0.29, 0.717) is 33.5 Å². The number of H-pyrrole nitrogens is 1. The Morgan fingerprint density at radius 1 is 1.00 bits per heavy atom. The first-order chi connectivity index (χ1) is 19.5. The molecule has 0 saturated carbocycles. The van der Waals surface area contributed by atoms with Gasteiger partial charge in [0, 0.05) is 21.0 Å². The number of hydrogen-bond donors (Lipinski definition) is 2. The number of aromatic nitrogens is 1. The minimum Gasteiger partial charge on any atom is -0.497 e. The molecule has 0 atom stereocenters. The van der Waals surface area contributed by atoms with Gasteiger partial charge in [0.15, 0.2) is 0 Å². The van der Waals surface area contributed by atoms with Crippen molar-refractivity contribution >= 4 is 44.9 Å². The monoisotopic (exact) mass is 592 g/mol. The van der Waals surface area contributed by atoms with Crippen LogP contribution in [0.5, 0.6) is 11.5 Å². The molecule has 0 aliphatic carbocycles. The number of nitrogens with one attached hydrogen (secondary N) is 2. The number of nitriles is 1. The van der Waals surface area contributed by atoms with E-state index in [2.05, 4.69) is 37.5 Å². The van der Waals surface area contributed by atoms with Crippen molar-refractivity contribution in [3.8, 4) is 28.7 Å². The van der Waals surface area contributed by atoms with E-state index >= 15 is 0 Å². The number of hydrogen-bond acceptors (Lipinski definition) is 6. The fourth-order valence-corrected chi connectivity index (χ4v) is 4.60. The van der Waals surface area contributed by atoms with Gasteiger partial charge in [-0.2, -0.15) is 10.4 Å². The molecule has 40 heavy (non-hydrogen) atoms. The molecule has 0 unspecified atom stereocenters. The predicted molar refractivity (Wildman–Crippen MR) is 156 cm³/mol. The molecule has 5 aromatic rings. The van der Waals surface area contributed by atoms with Crippen LogP contribution in [0.3, 0.4) is 0 Å². The molecule has 1 aromatic heterocycles. The van der Waals surface area contributed by atoms with Gasteiger partial charge in [0.2, 0.25) is 0 Å². The van der Waals surface area contributed by atoms with Gasteiger partial charge >= 0.3 is 5.97 Å². The van der Waals surface area contributed by atoms with Crippen molar-refractivity contribution in [1.82, 2.24) is 10.4 Å². The lowest BCUT2D eigenvalue weighted by Crippen LogP contribution is -2.19. The number of nitrogens with zero attached hydrogens (tertiary/aromatic N) is 2. The van der Waals surface area contributed by atoms with Crippen molar-refractivity contribution in [3.05, 3.63) is 118 Å². The van der Waals surface area contributed by atoms with Gasteiger partial charge in [-0.05, 0) is 48.0 Å². The van der Waals surface area contributed by atoms with E-state index in [1.165, 1.54) is 13.3 Å². The molecule has 0 saturated heterocycles. The van der Waals surface area contributed by atoms with Crippen LogP contribution in [-0.2, 0) is 0 Å². The SMILES string of the molecule is COc1cccc(C(=O)Oc2ccc(Br)cc2C=NNC(=O)c2[nH]c3c(C#N)cccc3c2-c2ccccc2)c1. The summed E-state index contributed by atoms with van der Waals surface area (Å²) >= 11 is 3.42. The first-order valence-corrected chi connectivity index (χ1v) is 12.9. The quantitative estimate of drug-likeness (QED) is 0.0973. The van der Waals surface area contributed by atoms with Crippen LogP contribution in [0.25, 0.3) is 22.0 Å². The summed E-state index contributed by atoms with van der Waals surface area (Å²) in [5.41, 5.74) is 6.06. The third-order valence-corrected chi connectivity index (χ3v) is 6.59. The van der Waals surface area contributed by atoms with Crippen LogP contribution in [0, 0.1) is 11.3 Å². The molecule has 4 aromatic carbocycles. The molecule has 1 amide bonds. The zero-order valence-electron chi connectivity index (χ0n) is 21.1. The third kappa shape index (κ3) is 5.48. The highest BCUT2D eigenvalue weighted by Crippen LogP contribution is 2.34. The molecule has 196 valence electrons. The standard InChI is InChI=1S/C31H21BrN4O4/c1-39-24-11-5-9-20(16-24)31(38)40-26-14-13-23(32)15-22(26)18-34-36-30(37)29-27(19-7-3-2-4-8-19)25-12-6-10-21(17-33)28(25)35-29/h2-16,18,35H,1H3,(H,36,37). The molecule has 2 N–H and O–H groups in total. The summed E-state index contributed by atoms with van der Waals surface area (Å²) < 4.78 is 11.5. The Balaban J connectivity index is 1.43. The number of ether oxygens (including phenoxy) is 2. The summed E-state index contributed by atoms with van der Waals surface area (Å²) in [5, 5.41) is 14.5. The number of amides is 1. The van der Waals surface area contributed by atoms with Crippen molar-refractivity contribution in [1.29, 1.82) is 5.26 Å². The summed E-state index contributed by atoms with van der Waals surface area (Å²) in [6, 6.07) is 28.6. The van der Waals surface area contributed by atoms with Crippen LogP contribution in [0.15, 0.2) is 101 Å². The van der Waals surface area contributed by atoms with E-state index in [4.69, 9.17) is 9.47 Å². The number of hydrazone groups is 1. The van der Waals surface area contributed by atoms with E-state index in [1.54, 1.807) is 54.6 Å². The Morgan fingerprint density at radius 2 is 1.80 bits per heavy atom. The number of para-hydroxylation sites is 1. The molecule has 9 heteroatoms. The lowest BCUT2D eigenvalue weighted by molar-refractivity contribution is 0.0733. The van der Waals surface area contributed by atoms with Crippen LogP contribution in [-0.4, -0.2) is 30.2 Å². The van der Waals surface area contributed by atoms with Crippen molar-refractivity contribution < 1.29 is 19.1 Å². The fraction of sp³-hybridized carbons (Fsp3) is 0.0323. The number of carbonyl (C=O) groups excluding carboxylic acids is 2. The summed E-state index contributed by atoms with van der Waals surface area (Å²) in [4.78, 5) is 29.2. The number of aromatic amines is 1. The molecule has 0 aliphatic heterocycles. The normalized spacial score (nSPS) is 10.8. The molecule has 0 aliphatic rings. The van der Waals surface area contributed by atoms with Crippen LogP contribution in [0.2, 0.25) is 0 Å². The van der Waals surface area contributed by atoms with Gasteiger partial charge in [0.1, 0.15) is 23.3 Å². The summed E-state index contributed by atoms with van der Waals surface area (Å²) in [6.07, 6.45) is 1.39. The highest BCUT2D eigenvalue weighted by Gasteiger charge is 2.20. The number of rotatable bonds is 7. The summed E-state index contributed by atoms with van der Waals surface area (Å²) in [5.74, 6) is -0.286. The van der Waals surface area contributed by atoms with E-state index in [1.807, 2.05) is 36.4 Å². The van der Waals surface area contributed by atoms with Gasteiger partial charge in [0.05, 0.1) is 30.0 Å². The average Bonchev–Trinajstić information content (AvgIpc) is 3.39. The Labute approximate surface area is 238 Å². The van der Waals surface area contributed by atoms with Crippen LogP contribution in [0.4, 0.5) is 0 Å². The van der Waals surface area contributed by atoms with E-state index in [9.17, 15) is 14.9 Å². The number of halogens is 1. The fourth-order valence-electron chi connectivity index (χ4n) is 4.22. The Morgan fingerprint density at radius 3 is 2.58 bits per heavy atom. The Kier molecular flexibility index (Phi) is 7.71. The first kappa shape index (κ1) is 26.4. The molecule has 0 spiro atoms. The minimum absolute atomic E-state index is 0.253. The average molecular weight is 593 g/mol. The molecule has 0 fully saturated rings. The van der Waals surface area contributed by atoms with E-state index in [-0.39, 0.29) is 11.4 Å². The molecule has 8 nitrogen and oxygen atoms in total. The van der Waals surface area contributed by atoms with Gasteiger partial charge in [-0.1, -0.05) is 64.5 Å². The second kappa shape index (κ2) is 11.7. The van der Waals surface area contributed by atoms with Crippen molar-refractivity contribution in [2.75, 3.05) is 7.11 Å². The first-order valence-electron chi connectivity index (χ1n) is 12.1. The largest absolute Gasteiger partial charge is 0.497 e. The molecule has 0 radical (unpaired) electrons. The highest BCUT2D eigenvalue weighted by molar-refractivity contribution is 9.10. The maximum atomic E-state index is 13.3. The van der Waals surface area contributed by atoms with Crippen LogP contribution in [0.1, 0.15) is 32.0 Å². The van der Waals surface area contributed by atoms with Crippen molar-refractivity contribution in [2.24, 2.45) is 5.10 Å². The minimum atomic E-state index is -0.571. The van der Waals surface area contributed by atoms with Gasteiger partial charge in [-0.15, -0.1) is 0 Å². The Hall–Kier alpha value is -5.20. The molecular formula is C31H21BrN4O4. The number of carbonyl (C=O) groups is 2. The van der Waals surface area contributed by atoms with E-state index < -0.39 is 11.9 Å². The maximum absolute atomic E-state index is 13.3. The molecule has 5 rings (SSSR count). The van der Waals surface area contributed by atoms with Crippen molar-refractivity contribution in [2.45, 2.75) is 0 Å². The highest BCUT2D eigenvalue weighted by atomic mass is 79.9. The summed E-state index contributed by atoms with van der Waals surface area (Å²) in [7, 11) is 1.52. The number of benzene rings is 4. The van der Waals surface area contributed by atoms with Gasteiger partial charge in [-0.25, -0.2) is 10.2 Å². The Bertz CT molecular complexity index is 1810. The lowest BCUT2D eigenvalue weighted by atomic mass is 10.0.